The fourth-order valence-corrected chi connectivity index (χ4v) is 4.31. The Balaban J connectivity index is 1.79. The lowest BCUT2D eigenvalue weighted by molar-refractivity contribution is -0.384. The van der Waals surface area contributed by atoms with Crippen molar-refractivity contribution < 1.29 is 19.2 Å². The molecule has 33 heavy (non-hydrogen) atoms. The average molecular weight is 518 g/mol. The number of nitro benzene ring substituents is 1. The Bertz CT molecular complexity index is 1010. The molecule has 0 spiro atoms. The van der Waals surface area contributed by atoms with Gasteiger partial charge in [0, 0.05) is 35.6 Å². The van der Waals surface area contributed by atoms with E-state index in [1.807, 2.05) is 51.1 Å². The van der Waals surface area contributed by atoms with Gasteiger partial charge in [0.25, 0.3) is 5.69 Å². The first-order valence-corrected chi connectivity index (χ1v) is 11.6. The van der Waals surface area contributed by atoms with Gasteiger partial charge in [-0.1, -0.05) is 30.3 Å². The summed E-state index contributed by atoms with van der Waals surface area (Å²) in [6.45, 7) is 6.68. The Labute approximate surface area is 201 Å². The molecule has 3 rings (SSSR count). The summed E-state index contributed by atoms with van der Waals surface area (Å²) in [7, 11) is 0. The van der Waals surface area contributed by atoms with Gasteiger partial charge < -0.3 is 14.5 Å². The zero-order chi connectivity index (χ0) is 24.2. The molecule has 0 N–H and O–H groups in total. The summed E-state index contributed by atoms with van der Waals surface area (Å²) in [5.41, 5.74) is 0.896. The highest BCUT2D eigenvalue weighted by molar-refractivity contribution is 9.10. The zero-order valence-corrected chi connectivity index (χ0v) is 20.6. The Morgan fingerprint density at radius 1 is 1.15 bits per heavy atom. The molecular weight excluding hydrogens is 490 g/mol. The number of piperidine rings is 1. The smallest absolute Gasteiger partial charge is 0.410 e. The number of anilines is 1. The maximum Gasteiger partial charge on any atom is 0.410 e. The van der Waals surface area contributed by atoms with E-state index in [-0.39, 0.29) is 23.6 Å². The average Bonchev–Trinajstić information content (AvgIpc) is 2.77. The van der Waals surface area contributed by atoms with Crippen molar-refractivity contribution in [2.24, 2.45) is 5.92 Å². The third-order valence-electron chi connectivity index (χ3n) is 5.38. The van der Waals surface area contributed by atoms with Crippen molar-refractivity contribution in [2.45, 2.75) is 45.8 Å². The minimum atomic E-state index is -0.571. The second-order valence-corrected chi connectivity index (χ2v) is 9.90. The highest BCUT2D eigenvalue weighted by Gasteiger charge is 2.33. The molecule has 1 aliphatic heterocycles. The molecule has 0 aliphatic carbocycles. The molecular formula is C24H28BrN3O5. The molecule has 1 fully saturated rings. The van der Waals surface area contributed by atoms with E-state index in [9.17, 15) is 19.7 Å². The molecule has 1 heterocycles. The van der Waals surface area contributed by atoms with Crippen LogP contribution in [0.4, 0.5) is 16.2 Å². The number of nitrogens with zero attached hydrogens (tertiary/aromatic N) is 3. The molecule has 0 radical (unpaired) electrons. The van der Waals surface area contributed by atoms with Gasteiger partial charge in [0.15, 0.2) is 0 Å². The van der Waals surface area contributed by atoms with Crippen LogP contribution in [0.15, 0.2) is 53.0 Å². The van der Waals surface area contributed by atoms with Crippen LogP contribution in [-0.2, 0) is 16.1 Å². The van der Waals surface area contributed by atoms with Crippen molar-refractivity contribution in [1.29, 1.82) is 0 Å². The molecule has 8 nitrogen and oxygen atoms in total. The first-order chi connectivity index (χ1) is 15.5. The first-order valence-electron chi connectivity index (χ1n) is 10.8. The number of non-ortho nitro benzene ring substituents is 1. The number of halogens is 1. The highest BCUT2D eigenvalue weighted by Crippen LogP contribution is 2.33. The molecule has 9 heteroatoms. The van der Waals surface area contributed by atoms with E-state index < -0.39 is 10.5 Å². The van der Waals surface area contributed by atoms with Crippen molar-refractivity contribution in [2.75, 3.05) is 18.0 Å². The molecule has 1 aliphatic rings. The number of rotatable bonds is 5. The molecule has 0 atom stereocenters. The van der Waals surface area contributed by atoms with Crippen molar-refractivity contribution in [3.8, 4) is 0 Å². The number of nitro groups is 1. The molecule has 0 unspecified atom stereocenters. The van der Waals surface area contributed by atoms with E-state index in [1.165, 1.54) is 12.1 Å². The van der Waals surface area contributed by atoms with Gasteiger partial charge in [-0.2, -0.15) is 0 Å². The summed E-state index contributed by atoms with van der Waals surface area (Å²) in [5, 5.41) is 11.1. The normalized spacial score (nSPS) is 14.6. The van der Waals surface area contributed by atoms with Gasteiger partial charge in [0.2, 0.25) is 5.91 Å². The van der Waals surface area contributed by atoms with Crippen LogP contribution in [0.3, 0.4) is 0 Å². The predicted octanol–water partition coefficient (Wildman–Crippen LogP) is 5.54. The Hall–Kier alpha value is -2.94. The lowest BCUT2D eigenvalue weighted by atomic mass is 9.95. The summed E-state index contributed by atoms with van der Waals surface area (Å²) in [6.07, 6.45) is 0.676. The SMILES string of the molecule is CC(C)(C)OC(=O)N1CCC(C(=O)N(Cc2ccccc2)c2ccc([N+](=O)[O-])cc2Br)CC1. The van der Waals surface area contributed by atoms with Gasteiger partial charge in [-0.15, -0.1) is 0 Å². The molecule has 1 saturated heterocycles. The van der Waals surface area contributed by atoms with Gasteiger partial charge in [0.05, 0.1) is 17.2 Å². The minimum Gasteiger partial charge on any atom is -0.444 e. The maximum atomic E-state index is 13.6. The van der Waals surface area contributed by atoms with Gasteiger partial charge in [-0.3, -0.25) is 14.9 Å². The van der Waals surface area contributed by atoms with Gasteiger partial charge in [0.1, 0.15) is 5.60 Å². The maximum absolute atomic E-state index is 13.6. The number of ether oxygens (including phenoxy) is 1. The molecule has 2 aromatic carbocycles. The van der Waals surface area contributed by atoms with E-state index in [1.54, 1.807) is 15.9 Å². The van der Waals surface area contributed by atoms with Crippen molar-refractivity contribution >= 4 is 39.3 Å². The van der Waals surface area contributed by atoms with Crippen LogP contribution in [0.2, 0.25) is 0 Å². The molecule has 0 bridgehead atoms. The third kappa shape index (κ3) is 6.54. The molecule has 0 saturated carbocycles. The van der Waals surface area contributed by atoms with Crippen LogP contribution in [-0.4, -0.2) is 40.5 Å². The fraction of sp³-hybridized carbons (Fsp3) is 0.417. The standard InChI is InChI=1S/C24H28BrN3O5/c1-24(2,3)33-23(30)26-13-11-18(12-14-26)22(29)27(16-17-7-5-4-6-8-17)21-10-9-19(28(31)32)15-20(21)25/h4-10,15,18H,11-14,16H2,1-3H3. The quantitative estimate of drug-likeness (QED) is 0.383. The summed E-state index contributed by atoms with van der Waals surface area (Å²) >= 11 is 3.41. The van der Waals surface area contributed by atoms with E-state index in [0.29, 0.717) is 42.6 Å². The number of likely N-dealkylation sites (tertiary alicyclic amines) is 1. The molecule has 176 valence electrons. The van der Waals surface area contributed by atoms with Crippen molar-refractivity contribution in [3.05, 3.63) is 68.7 Å². The number of benzene rings is 2. The first kappa shape index (κ1) is 24.7. The lowest BCUT2D eigenvalue weighted by Crippen LogP contribution is -2.45. The number of carbonyl (C=O) groups is 2. The predicted molar refractivity (Wildman–Crippen MR) is 129 cm³/mol. The molecule has 2 aromatic rings. The van der Waals surface area contributed by atoms with Crippen LogP contribution in [0.1, 0.15) is 39.2 Å². The van der Waals surface area contributed by atoms with Gasteiger partial charge >= 0.3 is 6.09 Å². The second kappa shape index (κ2) is 10.3. The second-order valence-electron chi connectivity index (χ2n) is 9.04. The molecule has 2 amide bonds. The molecule has 0 aromatic heterocycles. The number of amides is 2. The summed E-state index contributed by atoms with van der Waals surface area (Å²) in [5.74, 6) is -0.341. The van der Waals surface area contributed by atoms with Crippen LogP contribution < -0.4 is 4.90 Å². The topological polar surface area (TPSA) is 93.0 Å². The lowest BCUT2D eigenvalue weighted by Gasteiger charge is -2.35. The summed E-state index contributed by atoms with van der Waals surface area (Å²) in [4.78, 5) is 40.0. The van der Waals surface area contributed by atoms with Crippen molar-refractivity contribution in [1.82, 2.24) is 4.90 Å². The monoisotopic (exact) mass is 517 g/mol. The Morgan fingerprint density at radius 2 is 1.79 bits per heavy atom. The number of hydrogen-bond acceptors (Lipinski definition) is 5. The number of hydrogen-bond donors (Lipinski definition) is 0. The van der Waals surface area contributed by atoms with Crippen LogP contribution >= 0.6 is 15.9 Å². The van der Waals surface area contributed by atoms with Crippen LogP contribution in [0.25, 0.3) is 0 Å². The number of carbonyl (C=O) groups excluding carboxylic acids is 2. The third-order valence-corrected chi connectivity index (χ3v) is 6.01. The van der Waals surface area contributed by atoms with Crippen LogP contribution in [0, 0.1) is 16.0 Å². The van der Waals surface area contributed by atoms with Crippen LogP contribution in [0.5, 0.6) is 0 Å². The van der Waals surface area contributed by atoms with Gasteiger partial charge in [-0.05, 0) is 61.2 Å². The van der Waals surface area contributed by atoms with Gasteiger partial charge in [-0.25, -0.2) is 4.79 Å². The largest absolute Gasteiger partial charge is 0.444 e. The van der Waals surface area contributed by atoms with E-state index in [0.717, 1.165) is 5.56 Å². The van der Waals surface area contributed by atoms with E-state index >= 15 is 0 Å². The Morgan fingerprint density at radius 3 is 2.33 bits per heavy atom. The van der Waals surface area contributed by atoms with Crippen molar-refractivity contribution in [3.63, 3.8) is 0 Å². The summed E-state index contributed by atoms with van der Waals surface area (Å²) < 4.78 is 5.92. The zero-order valence-electron chi connectivity index (χ0n) is 19.0. The Kier molecular flexibility index (Phi) is 7.73. The fourth-order valence-electron chi connectivity index (χ4n) is 3.73. The highest BCUT2D eigenvalue weighted by atomic mass is 79.9. The minimum absolute atomic E-state index is 0.0524. The van der Waals surface area contributed by atoms with E-state index in [2.05, 4.69) is 15.9 Å². The van der Waals surface area contributed by atoms with E-state index in [4.69, 9.17) is 4.74 Å². The summed E-state index contributed by atoms with van der Waals surface area (Å²) in [6, 6.07) is 14.0.